The van der Waals surface area contributed by atoms with Gasteiger partial charge in [0.2, 0.25) is 0 Å². The van der Waals surface area contributed by atoms with Gasteiger partial charge in [-0.2, -0.15) is 0 Å². The molecule has 1 N–H and O–H groups in total. The molecule has 1 saturated heterocycles. The van der Waals surface area contributed by atoms with Gasteiger partial charge in [0.1, 0.15) is 0 Å². The maximum absolute atomic E-state index is 6.22. The number of benzene rings is 1. The molecule has 1 aromatic rings. The van der Waals surface area contributed by atoms with Crippen molar-refractivity contribution in [1.29, 1.82) is 0 Å². The number of nitrogens with one attached hydrogen (secondary N) is 1. The van der Waals surface area contributed by atoms with Crippen LogP contribution in [0.25, 0.3) is 0 Å². The van der Waals surface area contributed by atoms with E-state index in [4.69, 9.17) is 11.6 Å². The van der Waals surface area contributed by atoms with Crippen LogP contribution < -0.4 is 10.2 Å². The van der Waals surface area contributed by atoms with Crippen molar-refractivity contribution >= 4 is 17.3 Å². The van der Waals surface area contributed by atoms with Crippen LogP contribution in [0.3, 0.4) is 0 Å². The molecule has 0 aromatic heterocycles. The number of hydrogen-bond donors (Lipinski definition) is 1. The Balaban J connectivity index is 1.97. The molecule has 19 heavy (non-hydrogen) atoms. The number of anilines is 1. The average molecular weight is 279 g/mol. The first-order chi connectivity index (χ1) is 9.21. The van der Waals surface area contributed by atoms with E-state index in [0.29, 0.717) is 5.54 Å². The third kappa shape index (κ3) is 2.48. The first kappa shape index (κ1) is 13.3. The molecular weight excluding hydrogens is 256 g/mol. The number of halogens is 1. The lowest BCUT2D eigenvalue weighted by molar-refractivity contribution is 0.241. The van der Waals surface area contributed by atoms with Crippen LogP contribution in [0, 0.1) is 6.92 Å². The maximum Gasteiger partial charge on any atom is 0.0527 e. The molecule has 1 aliphatic heterocycles. The fraction of sp³-hybridized carbons (Fsp3) is 0.625. The minimum atomic E-state index is 0.325. The van der Waals surface area contributed by atoms with E-state index < -0.39 is 0 Å². The van der Waals surface area contributed by atoms with Crippen molar-refractivity contribution in [3.05, 3.63) is 28.8 Å². The molecule has 1 spiro atoms. The zero-order valence-corrected chi connectivity index (χ0v) is 12.5. The summed E-state index contributed by atoms with van der Waals surface area (Å²) in [7, 11) is 0. The fourth-order valence-corrected chi connectivity index (χ4v) is 3.92. The Morgan fingerprint density at radius 1 is 1.21 bits per heavy atom. The highest BCUT2D eigenvalue weighted by Crippen LogP contribution is 2.39. The Labute approximate surface area is 121 Å². The monoisotopic (exact) mass is 278 g/mol. The molecule has 1 aromatic carbocycles. The Kier molecular flexibility index (Phi) is 3.72. The van der Waals surface area contributed by atoms with E-state index in [2.05, 4.69) is 29.3 Å². The summed E-state index contributed by atoms with van der Waals surface area (Å²) in [4.78, 5) is 2.64. The van der Waals surface area contributed by atoms with E-state index in [1.807, 2.05) is 6.07 Å². The maximum atomic E-state index is 6.22. The van der Waals surface area contributed by atoms with Crippen LogP contribution in [0.1, 0.15) is 37.7 Å². The predicted molar refractivity (Wildman–Crippen MR) is 82.2 cm³/mol. The molecule has 2 nitrogen and oxygen atoms in total. The summed E-state index contributed by atoms with van der Waals surface area (Å²) in [5.74, 6) is 0. The lowest BCUT2D eigenvalue weighted by Gasteiger charge is -2.51. The molecule has 0 atom stereocenters. The highest BCUT2D eigenvalue weighted by Gasteiger charge is 2.40. The number of piperazine rings is 1. The molecule has 2 fully saturated rings. The van der Waals surface area contributed by atoms with E-state index in [0.717, 1.165) is 24.7 Å². The van der Waals surface area contributed by atoms with Gasteiger partial charge in [0.15, 0.2) is 0 Å². The molecule has 1 aliphatic carbocycles. The van der Waals surface area contributed by atoms with Gasteiger partial charge in [-0.25, -0.2) is 0 Å². The van der Waals surface area contributed by atoms with E-state index >= 15 is 0 Å². The van der Waals surface area contributed by atoms with Crippen LogP contribution in [-0.2, 0) is 0 Å². The van der Waals surface area contributed by atoms with Gasteiger partial charge in [-0.3, -0.25) is 0 Å². The van der Waals surface area contributed by atoms with Gasteiger partial charge < -0.3 is 10.2 Å². The minimum Gasteiger partial charge on any atom is -0.363 e. The van der Waals surface area contributed by atoms with Crippen molar-refractivity contribution in [2.24, 2.45) is 0 Å². The molecule has 0 amide bonds. The quantitative estimate of drug-likeness (QED) is 0.841. The van der Waals surface area contributed by atoms with Crippen LogP contribution in [0.5, 0.6) is 0 Å². The predicted octanol–water partition coefficient (Wildman–Crippen LogP) is 3.76. The standard InChI is InChI=1S/C16H23ClN2/c1-13-5-6-14(17)11-15(13)19-10-9-18-12-16(19)7-3-2-4-8-16/h5-6,11,18H,2-4,7-10,12H2,1H3. The van der Waals surface area contributed by atoms with Gasteiger partial charge in [0.25, 0.3) is 0 Å². The molecule has 3 rings (SSSR count). The number of hydrogen-bond acceptors (Lipinski definition) is 2. The first-order valence-electron chi connectivity index (χ1n) is 7.46. The Morgan fingerprint density at radius 2 is 2.00 bits per heavy atom. The molecule has 1 saturated carbocycles. The lowest BCUT2D eigenvalue weighted by Crippen LogP contribution is -2.62. The molecule has 0 radical (unpaired) electrons. The Morgan fingerprint density at radius 3 is 2.79 bits per heavy atom. The molecule has 0 unspecified atom stereocenters. The van der Waals surface area contributed by atoms with E-state index in [1.165, 1.54) is 43.4 Å². The lowest BCUT2D eigenvalue weighted by atomic mass is 9.78. The molecule has 1 heterocycles. The summed E-state index contributed by atoms with van der Waals surface area (Å²) >= 11 is 6.22. The molecular formula is C16H23ClN2. The van der Waals surface area contributed by atoms with Crippen molar-refractivity contribution in [1.82, 2.24) is 5.32 Å². The van der Waals surface area contributed by atoms with Gasteiger partial charge in [-0.05, 0) is 37.5 Å². The van der Waals surface area contributed by atoms with Gasteiger partial charge in [-0.1, -0.05) is 36.9 Å². The number of rotatable bonds is 1. The topological polar surface area (TPSA) is 15.3 Å². The van der Waals surface area contributed by atoms with Crippen molar-refractivity contribution in [3.63, 3.8) is 0 Å². The van der Waals surface area contributed by atoms with Crippen molar-refractivity contribution in [3.8, 4) is 0 Å². The number of aryl methyl sites for hydroxylation is 1. The second kappa shape index (κ2) is 5.34. The van der Waals surface area contributed by atoms with Gasteiger partial charge >= 0.3 is 0 Å². The summed E-state index contributed by atoms with van der Waals surface area (Å²) in [5.41, 5.74) is 3.01. The van der Waals surface area contributed by atoms with Gasteiger partial charge in [-0.15, -0.1) is 0 Å². The highest BCUT2D eigenvalue weighted by molar-refractivity contribution is 6.30. The Hall–Kier alpha value is -0.730. The van der Waals surface area contributed by atoms with Crippen molar-refractivity contribution < 1.29 is 0 Å². The average Bonchev–Trinajstić information content (AvgIpc) is 2.43. The second-order valence-corrected chi connectivity index (χ2v) is 6.48. The highest BCUT2D eigenvalue weighted by atomic mass is 35.5. The summed E-state index contributed by atoms with van der Waals surface area (Å²) in [6.45, 7) is 5.50. The minimum absolute atomic E-state index is 0.325. The molecule has 3 heteroatoms. The number of nitrogens with zero attached hydrogens (tertiary/aromatic N) is 1. The van der Waals surface area contributed by atoms with Crippen LogP contribution in [0.15, 0.2) is 18.2 Å². The first-order valence-corrected chi connectivity index (χ1v) is 7.84. The van der Waals surface area contributed by atoms with Gasteiger partial charge in [0.05, 0.1) is 5.54 Å². The second-order valence-electron chi connectivity index (χ2n) is 6.04. The van der Waals surface area contributed by atoms with Crippen LogP contribution in [-0.4, -0.2) is 25.2 Å². The zero-order chi connectivity index (χ0) is 13.3. The third-order valence-corrected chi connectivity index (χ3v) is 5.02. The fourth-order valence-electron chi connectivity index (χ4n) is 3.75. The van der Waals surface area contributed by atoms with Crippen LogP contribution >= 0.6 is 11.6 Å². The zero-order valence-electron chi connectivity index (χ0n) is 11.7. The largest absolute Gasteiger partial charge is 0.363 e. The summed E-state index contributed by atoms with van der Waals surface area (Å²) in [6.07, 6.45) is 6.73. The summed E-state index contributed by atoms with van der Waals surface area (Å²) in [6, 6.07) is 6.30. The normalized spacial score (nSPS) is 22.7. The van der Waals surface area contributed by atoms with Gasteiger partial charge in [0, 0.05) is 30.3 Å². The van der Waals surface area contributed by atoms with Crippen LogP contribution in [0.2, 0.25) is 5.02 Å². The van der Waals surface area contributed by atoms with Crippen molar-refractivity contribution in [2.75, 3.05) is 24.5 Å². The SMILES string of the molecule is Cc1ccc(Cl)cc1N1CCNCC12CCCCC2. The van der Waals surface area contributed by atoms with E-state index in [9.17, 15) is 0 Å². The van der Waals surface area contributed by atoms with E-state index in [-0.39, 0.29) is 0 Å². The summed E-state index contributed by atoms with van der Waals surface area (Å²) < 4.78 is 0. The Bertz CT molecular complexity index is 444. The molecule has 104 valence electrons. The van der Waals surface area contributed by atoms with Crippen molar-refractivity contribution in [2.45, 2.75) is 44.6 Å². The summed E-state index contributed by atoms with van der Waals surface area (Å²) in [5, 5.41) is 4.46. The molecule has 0 bridgehead atoms. The third-order valence-electron chi connectivity index (χ3n) is 4.79. The van der Waals surface area contributed by atoms with Crippen LogP contribution in [0.4, 0.5) is 5.69 Å². The van der Waals surface area contributed by atoms with E-state index in [1.54, 1.807) is 0 Å². The smallest absolute Gasteiger partial charge is 0.0527 e. The molecule has 2 aliphatic rings.